The lowest BCUT2D eigenvalue weighted by atomic mass is 10.2. The summed E-state index contributed by atoms with van der Waals surface area (Å²) in [6.07, 6.45) is 5.07. The largest absolute Gasteiger partial charge is 0.497 e. The fourth-order valence-electron chi connectivity index (χ4n) is 1.42. The molecular formula is C12H13N3O. The molecule has 0 aliphatic rings. The Labute approximate surface area is 94.5 Å². The summed E-state index contributed by atoms with van der Waals surface area (Å²) in [6.45, 7) is 0. The number of methoxy groups -OCH3 is 1. The fourth-order valence-corrected chi connectivity index (χ4v) is 1.42. The van der Waals surface area contributed by atoms with E-state index in [-0.39, 0.29) is 0 Å². The number of rotatable bonds is 3. The molecule has 0 aliphatic heterocycles. The Balaban J connectivity index is 2.24. The van der Waals surface area contributed by atoms with Gasteiger partial charge in [0.25, 0.3) is 0 Å². The third kappa shape index (κ3) is 2.11. The Kier molecular flexibility index (Phi) is 3.00. The monoisotopic (exact) mass is 215 g/mol. The Bertz CT molecular complexity index is 442. The summed E-state index contributed by atoms with van der Waals surface area (Å²) in [4.78, 5) is 9.99. The van der Waals surface area contributed by atoms with Gasteiger partial charge in [-0.2, -0.15) is 0 Å². The number of ether oxygens (including phenoxy) is 1. The second-order valence-electron chi connectivity index (χ2n) is 3.35. The van der Waals surface area contributed by atoms with Crippen molar-refractivity contribution < 1.29 is 4.74 Å². The molecule has 1 aromatic carbocycles. The highest BCUT2D eigenvalue weighted by Gasteiger charge is 2.03. The average Bonchev–Trinajstić information content (AvgIpc) is 2.39. The summed E-state index contributed by atoms with van der Waals surface area (Å²) in [5.74, 6) is 0.849. The Hall–Kier alpha value is -2.10. The van der Waals surface area contributed by atoms with E-state index in [0.717, 1.165) is 17.1 Å². The quantitative estimate of drug-likeness (QED) is 0.787. The van der Waals surface area contributed by atoms with Crippen molar-refractivity contribution in [3.63, 3.8) is 0 Å². The van der Waals surface area contributed by atoms with Crippen molar-refractivity contribution in [2.45, 2.75) is 0 Å². The zero-order valence-corrected chi connectivity index (χ0v) is 9.29. The first kappa shape index (κ1) is 10.4. The van der Waals surface area contributed by atoms with Crippen LogP contribution in [0, 0.1) is 0 Å². The summed E-state index contributed by atoms with van der Waals surface area (Å²) < 4.78 is 5.11. The predicted octanol–water partition coefficient (Wildman–Crippen LogP) is 2.25. The molecule has 0 fully saturated rings. The molecule has 0 bridgehead atoms. The molecule has 16 heavy (non-hydrogen) atoms. The van der Waals surface area contributed by atoms with E-state index in [1.807, 2.05) is 36.2 Å². The SMILES string of the molecule is COc1ccc(N(C)c2cncnc2)cc1. The summed E-state index contributed by atoms with van der Waals surface area (Å²) >= 11 is 0. The molecule has 2 aromatic rings. The van der Waals surface area contributed by atoms with Crippen LogP contribution >= 0.6 is 0 Å². The van der Waals surface area contributed by atoms with E-state index < -0.39 is 0 Å². The molecule has 1 heterocycles. The van der Waals surface area contributed by atoms with Crippen molar-refractivity contribution in [3.8, 4) is 5.75 Å². The van der Waals surface area contributed by atoms with Gasteiger partial charge in [-0.05, 0) is 24.3 Å². The van der Waals surface area contributed by atoms with Gasteiger partial charge in [0.1, 0.15) is 12.1 Å². The molecule has 1 aromatic heterocycles. The van der Waals surface area contributed by atoms with E-state index in [2.05, 4.69) is 9.97 Å². The molecule has 0 saturated heterocycles. The van der Waals surface area contributed by atoms with E-state index in [0.29, 0.717) is 0 Å². The third-order valence-corrected chi connectivity index (χ3v) is 2.39. The minimum absolute atomic E-state index is 0.849. The maximum absolute atomic E-state index is 5.11. The van der Waals surface area contributed by atoms with Crippen molar-refractivity contribution >= 4 is 11.4 Å². The number of nitrogens with zero attached hydrogens (tertiary/aromatic N) is 3. The van der Waals surface area contributed by atoms with Gasteiger partial charge < -0.3 is 9.64 Å². The molecule has 0 unspecified atom stereocenters. The Morgan fingerprint density at radius 1 is 1.00 bits per heavy atom. The zero-order chi connectivity index (χ0) is 11.4. The molecule has 2 rings (SSSR count). The highest BCUT2D eigenvalue weighted by atomic mass is 16.5. The second kappa shape index (κ2) is 4.61. The van der Waals surface area contributed by atoms with E-state index in [4.69, 9.17) is 4.74 Å². The number of aromatic nitrogens is 2. The van der Waals surface area contributed by atoms with Crippen LogP contribution in [0.5, 0.6) is 5.75 Å². The highest BCUT2D eigenvalue weighted by molar-refractivity contribution is 5.61. The molecule has 0 saturated carbocycles. The van der Waals surface area contributed by atoms with Gasteiger partial charge in [0.2, 0.25) is 0 Å². The van der Waals surface area contributed by atoms with Crippen molar-refractivity contribution in [2.24, 2.45) is 0 Å². The highest BCUT2D eigenvalue weighted by Crippen LogP contribution is 2.23. The molecule has 0 spiro atoms. The minimum Gasteiger partial charge on any atom is -0.497 e. The third-order valence-electron chi connectivity index (χ3n) is 2.39. The maximum atomic E-state index is 5.11. The van der Waals surface area contributed by atoms with Crippen molar-refractivity contribution in [3.05, 3.63) is 43.0 Å². The van der Waals surface area contributed by atoms with Crippen LogP contribution in [0.3, 0.4) is 0 Å². The van der Waals surface area contributed by atoms with Crippen LogP contribution in [0.4, 0.5) is 11.4 Å². The van der Waals surface area contributed by atoms with E-state index in [9.17, 15) is 0 Å². The van der Waals surface area contributed by atoms with Crippen LogP contribution in [0.1, 0.15) is 0 Å². The van der Waals surface area contributed by atoms with Crippen LogP contribution in [0.25, 0.3) is 0 Å². The first-order valence-corrected chi connectivity index (χ1v) is 4.94. The van der Waals surface area contributed by atoms with Crippen LogP contribution in [-0.4, -0.2) is 24.1 Å². The Morgan fingerprint density at radius 3 is 2.19 bits per heavy atom. The molecule has 4 nitrogen and oxygen atoms in total. The number of anilines is 2. The molecule has 4 heteroatoms. The Morgan fingerprint density at radius 2 is 1.62 bits per heavy atom. The van der Waals surface area contributed by atoms with Crippen LogP contribution in [-0.2, 0) is 0 Å². The van der Waals surface area contributed by atoms with E-state index in [1.54, 1.807) is 19.5 Å². The topological polar surface area (TPSA) is 38.2 Å². The standard InChI is InChI=1S/C12H13N3O/c1-15(11-7-13-9-14-8-11)10-3-5-12(16-2)6-4-10/h3-9H,1-2H3. The van der Waals surface area contributed by atoms with Gasteiger partial charge in [-0.25, -0.2) is 9.97 Å². The second-order valence-corrected chi connectivity index (χ2v) is 3.35. The number of hydrogen-bond donors (Lipinski definition) is 0. The minimum atomic E-state index is 0.849. The lowest BCUT2D eigenvalue weighted by Crippen LogP contribution is -2.09. The van der Waals surface area contributed by atoms with E-state index in [1.165, 1.54) is 6.33 Å². The van der Waals surface area contributed by atoms with Crippen molar-refractivity contribution in [1.29, 1.82) is 0 Å². The van der Waals surface area contributed by atoms with Crippen LogP contribution < -0.4 is 9.64 Å². The van der Waals surface area contributed by atoms with Gasteiger partial charge in [0, 0.05) is 12.7 Å². The van der Waals surface area contributed by atoms with Crippen molar-refractivity contribution in [2.75, 3.05) is 19.1 Å². The molecule has 0 amide bonds. The normalized spacial score (nSPS) is 9.88. The van der Waals surface area contributed by atoms with Crippen molar-refractivity contribution in [1.82, 2.24) is 9.97 Å². The van der Waals surface area contributed by atoms with Gasteiger partial charge in [0.15, 0.2) is 0 Å². The van der Waals surface area contributed by atoms with Gasteiger partial charge in [0.05, 0.1) is 25.2 Å². The van der Waals surface area contributed by atoms with Crippen LogP contribution in [0.2, 0.25) is 0 Å². The smallest absolute Gasteiger partial charge is 0.119 e. The lowest BCUT2D eigenvalue weighted by molar-refractivity contribution is 0.415. The van der Waals surface area contributed by atoms with Gasteiger partial charge >= 0.3 is 0 Å². The summed E-state index contributed by atoms with van der Waals surface area (Å²) in [5, 5.41) is 0. The predicted molar refractivity (Wildman–Crippen MR) is 63.1 cm³/mol. The number of hydrogen-bond acceptors (Lipinski definition) is 4. The maximum Gasteiger partial charge on any atom is 0.119 e. The molecule has 0 aliphatic carbocycles. The average molecular weight is 215 g/mol. The lowest BCUT2D eigenvalue weighted by Gasteiger charge is -2.18. The fraction of sp³-hybridized carbons (Fsp3) is 0.167. The van der Waals surface area contributed by atoms with Gasteiger partial charge in [-0.3, -0.25) is 0 Å². The van der Waals surface area contributed by atoms with Crippen LogP contribution in [0.15, 0.2) is 43.0 Å². The zero-order valence-electron chi connectivity index (χ0n) is 9.29. The first-order valence-electron chi connectivity index (χ1n) is 4.94. The van der Waals surface area contributed by atoms with E-state index >= 15 is 0 Å². The summed E-state index contributed by atoms with van der Waals surface area (Å²) in [5.41, 5.74) is 2.02. The molecule has 0 atom stereocenters. The molecular weight excluding hydrogens is 202 g/mol. The molecule has 0 radical (unpaired) electrons. The number of benzene rings is 1. The first-order chi connectivity index (χ1) is 7.81. The summed E-state index contributed by atoms with van der Waals surface area (Å²) in [6, 6.07) is 7.84. The van der Waals surface area contributed by atoms with Gasteiger partial charge in [-0.1, -0.05) is 0 Å². The van der Waals surface area contributed by atoms with Gasteiger partial charge in [-0.15, -0.1) is 0 Å². The molecule has 82 valence electrons. The molecule has 0 N–H and O–H groups in total. The summed E-state index contributed by atoms with van der Waals surface area (Å²) in [7, 11) is 3.63.